The van der Waals surface area contributed by atoms with Gasteiger partial charge in [0.1, 0.15) is 6.04 Å². The maximum Gasteiger partial charge on any atom is 0.453 e. The van der Waals surface area contributed by atoms with Gasteiger partial charge in [0.15, 0.2) is 0 Å². The Kier molecular flexibility index (Phi) is 3.71. The summed E-state index contributed by atoms with van der Waals surface area (Å²) in [7, 11) is 0.0995. The number of cyclic esters (lactones) is 1. The quantitative estimate of drug-likeness (QED) is 0.550. The minimum Gasteiger partial charge on any atom is -0.423 e. The molecule has 0 bridgehead atoms. The van der Waals surface area contributed by atoms with Gasteiger partial charge < -0.3 is 4.74 Å². The third kappa shape index (κ3) is 2.52. The molecule has 0 amide bonds. The molecule has 20 heavy (non-hydrogen) atoms. The standard InChI is InChI=1S/C8H6F9NO2/c1-18-3(2-5(9,10)11)4(19)20-6(18,7(12,13)14)8(15,16)17/h3H,2H2,1H3/t3-/m0/s1. The van der Waals surface area contributed by atoms with Crippen molar-refractivity contribution >= 4 is 5.97 Å². The van der Waals surface area contributed by atoms with E-state index in [1.807, 2.05) is 0 Å². The lowest BCUT2D eigenvalue weighted by Gasteiger charge is -2.37. The van der Waals surface area contributed by atoms with Crippen LogP contribution in [0.2, 0.25) is 0 Å². The first-order valence-corrected chi connectivity index (χ1v) is 4.79. The Bertz CT molecular complexity index is 382. The van der Waals surface area contributed by atoms with Gasteiger partial charge in [-0.3, -0.25) is 4.79 Å². The molecule has 0 N–H and O–H groups in total. The van der Waals surface area contributed by atoms with Crippen LogP contribution in [0.3, 0.4) is 0 Å². The summed E-state index contributed by atoms with van der Waals surface area (Å²) in [6.07, 6.45) is -19.6. The average Bonchev–Trinajstić information content (AvgIpc) is 2.38. The number of halogens is 9. The van der Waals surface area contributed by atoms with Gasteiger partial charge in [0.25, 0.3) is 0 Å². The second kappa shape index (κ2) is 4.40. The molecular formula is C8H6F9NO2. The number of esters is 1. The summed E-state index contributed by atoms with van der Waals surface area (Å²) in [6, 6.07) is -2.72. The fourth-order valence-corrected chi connectivity index (χ4v) is 1.78. The third-order valence-electron chi connectivity index (χ3n) is 2.68. The third-order valence-corrected chi connectivity index (χ3v) is 2.68. The lowest BCUT2D eigenvalue weighted by molar-refractivity contribution is -0.399. The number of ether oxygens (including phenoxy) is 1. The summed E-state index contributed by atoms with van der Waals surface area (Å²) in [5, 5.41) is 0. The summed E-state index contributed by atoms with van der Waals surface area (Å²) >= 11 is 0. The van der Waals surface area contributed by atoms with Crippen molar-refractivity contribution in [1.82, 2.24) is 4.90 Å². The first-order valence-electron chi connectivity index (χ1n) is 4.79. The summed E-state index contributed by atoms with van der Waals surface area (Å²) in [5.74, 6) is -2.24. The van der Waals surface area contributed by atoms with Crippen LogP contribution in [0.25, 0.3) is 0 Å². The largest absolute Gasteiger partial charge is 0.453 e. The zero-order valence-electron chi connectivity index (χ0n) is 9.45. The van der Waals surface area contributed by atoms with Gasteiger partial charge in [0.2, 0.25) is 0 Å². The normalized spacial score (nSPS) is 24.9. The first-order chi connectivity index (χ1) is 8.63. The molecule has 1 aliphatic rings. The molecule has 1 fully saturated rings. The highest BCUT2D eigenvalue weighted by molar-refractivity contribution is 5.78. The monoisotopic (exact) mass is 319 g/mol. The van der Waals surface area contributed by atoms with Gasteiger partial charge in [-0.2, -0.15) is 39.5 Å². The van der Waals surface area contributed by atoms with Crippen molar-refractivity contribution in [1.29, 1.82) is 0 Å². The van der Waals surface area contributed by atoms with E-state index in [1.54, 1.807) is 0 Å². The van der Waals surface area contributed by atoms with Crippen LogP contribution < -0.4 is 0 Å². The molecule has 0 saturated carbocycles. The van der Waals surface area contributed by atoms with Crippen LogP contribution in [-0.4, -0.2) is 48.2 Å². The lowest BCUT2D eigenvalue weighted by Crippen LogP contribution is -2.65. The molecule has 1 rings (SSSR count). The second-order valence-corrected chi connectivity index (χ2v) is 4.01. The Morgan fingerprint density at radius 3 is 1.70 bits per heavy atom. The molecule has 12 heteroatoms. The molecule has 0 aromatic rings. The molecule has 1 saturated heterocycles. The number of nitrogens with zero attached hydrogens (tertiary/aromatic N) is 1. The SMILES string of the molecule is CN1[C@@H](CC(F)(F)F)C(=O)OC1(C(F)(F)F)C(F)(F)F. The molecule has 0 unspecified atom stereocenters. The number of likely N-dealkylation sites (N-methyl/N-ethyl adjacent to an activating group) is 1. The van der Waals surface area contributed by atoms with Crippen LogP contribution >= 0.6 is 0 Å². The molecule has 1 atom stereocenters. The molecule has 1 heterocycles. The van der Waals surface area contributed by atoms with Gasteiger partial charge in [-0.25, -0.2) is 4.90 Å². The topological polar surface area (TPSA) is 29.5 Å². The van der Waals surface area contributed by atoms with E-state index in [1.165, 1.54) is 0 Å². The number of alkyl halides is 9. The van der Waals surface area contributed by atoms with E-state index in [2.05, 4.69) is 4.74 Å². The Labute approximate surface area is 105 Å². The number of hydrogen-bond acceptors (Lipinski definition) is 3. The summed E-state index contributed by atoms with van der Waals surface area (Å²) in [4.78, 5) is 10.2. The minimum absolute atomic E-state index is 0.0995. The smallest absolute Gasteiger partial charge is 0.423 e. The highest BCUT2D eigenvalue weighted by Crippen LogP contribution is 2.52. The first kappa shape index (κ1) is 16.9. The van der Waals surface area contributed by atoms with Crippen LogP contribution in [-0.2, 0) is 9.53 Å². The van der Waals surface area contributed by atoms with Crippen molar-refractivity contribution < 1.29 is 49.0 Å². The number of hydrogen-bond donors (Lipinski definition) is 0. The number of carbonyl (C=O) groups excluding carboxylic acids is 1. The van der Waals surface area contributed by atoms with Gasteiger partial charge in [0.05, 0.1) is 6.42 Å². The summed E-state index contributed by atoms with van der Waals surface area (Å²) in [5.41, 5.74) is -5.08. The van der Waals surface area contributed by atoms with E-state index in [-0.39, 0.29) is 7.05 Å². The molecule has 0 radical (unpaired) electrons. The zero-order chi connectivity index (χ0) is 16.1. The fourth-order valence-electron chi connectivity index (χ4n) is 1.78. The Morgan fingerprint density at radius 2 is 1.45 bits per heavy atom. The Hall–Kier alpha value is -1.20. The van der Waals surface area contributed by atoms with Crippen molar-refractivity contribution in [3.63, 3.8) is 0 Å². The Morgan fingerprint density at radius 1 is 1.05 bits per heavy atom. The van der Waals surface area contributed by atoms with E-state index in [0.717, 1.165) is 0 Å². The van der Waals surface area contributed by atoms with Crippen LogP contribution in [0, 0.1) is 0 Å². The Balaban J connectivity index is 3.29. The summed E-state index contributed by atoms with van der Waals surface area (Å²) < 4.78 is 115. The van der Waals surface area contributed by atoms with Crippen LogP contribution in [0.4, 0.5) is 39.5 Å². The van der Waals surface area contributed by atoms with Crippen molar-refractivity contribution in [2.24, 2.45) is 0 Å². The van der Waals surface area contributed by atoms with E-state index in [0.29, 0.717) is 0 Å². The second-order valence-electron chi connectivity index (χ2n) is 4.01. The van der Waals surface area contributed by atoms with Crippen molar-refractivity contribution in [2.75, 3.05) is 7.05 Å². The van der Waals surface area contributed by atoms with Gasteiger partial charge in [0, 0.05) is 0 Å². The van der Waals surface area contributed by atoms with E-state index in [4.69, 9.17) is 0 Å². The molecule has 0 spiro atoms. The van der Waals surface area contributed by atoms with Crippen molar-refractivity contribution in [3.8, 4) is 0 Å². The van der Waals surface area contributed by atoms with Crippen molar-refractivity contribution in [3.05, 3.63) is 0 Å². The van der Waals surface area contributed by atoms with Crippen LogP contribution in [0.5, 0.6) is 0 Å². The predicted octanol–water partition coefficient (Wildman–Crippen LogP) is 2.62. The maximum atomic E-state index is 12.6. The van der Waals surface area contributed by atoms with E-state index in [9.17, 15) is 44.3 Å². The number of carbonyl (C=O) groups is 1. The van der Waals surface area contributed by atoms with Gasteiger partial charge in [-0.1, -0.05) is 0 Å². The van der Waals surface area contributed by atoms with Gasteiger partial charge in [-0.05, 0) is 7.05 Å². The van der Waals surface area contributed by atoms with E-state index >= 15 is 0 Å². The predicted molar refractivity (Wildman–Crippen MR) is 43.2 cm³/mol. The average molecular weight is 319 g/mol. The highest BCUT2D eigenvalue weighted by atomic mass is 19.4. The molecule has 118 valence electrons. The molecule has 0 aliphatic carbocycles. The van der Waals surface area contributed by atoms with Crippen molar-refractivity contribution in [2.45, 2.75) is 36.7 Å². The maximum absolute atomic E-state index is 12.6. The minimum atomic E-state index is -6.14. The molecular weight excluding hydrogens is 313 g/mol. The molecule has 0 aromatic carbocycles. The van der Waals surface area contributed by atoms with Crippen LogP contribution in [0.1, 0.15) is 6.42 Å². The van der Waals surface area contributed by atoms with Crippen LogP contribution in [0.15, 0.2) is 0 Å². The molecule has 3 nitrogen and oxygen atoms in total. The van der Waals surface area contributed by atoms with Gasteiger partial charge >= 0.3 is 30.2 Å². The van der Waals surface area contributed by atoms with Gasteiger partial charge in [-0.15, -0.1) is 0 Å². The molecule has 1 aliphatic heterocycles. The highest BCUT2D eigenvalue weighted by Gasteiger charge is 2.81. The summed E-state index contributed by atoms with van der Waals surface area (Å²) in [6.45, 7) is 0. The lowest BCUT2D eigenvalue weighted by atomic mass is 10.1. The number of rotatable bonds is 1. The molecule has 0 aromatic heterocycles. The van der Waals surface area contributed by atoms with E-state index < -0.39 is 47.6 Å². The fraction of sp³-hybridized carbons (Fsp3) is 0.875. The zero-order valence-corrected chi connectivity index (χ0v) is 9.45.